The Kier molecular flexibility index (Phi) is 6.77. The van der Waals surface area contributed by atoms with Crippen molar-refractivity contribution in [3.05, 3.63) is 59.7 Å². The second kappa shape index (κ2) is 9.30. The van der Waals surface area contributed by atoms with Crippen LogP contribution in [-0.4, -0.2) is 31.4 Å². The summed E-state index contributed by atoms with van der Waals surface area (Å²) in [6.45, 7) is 4.52. The standard InChI is InChI=1S/C22H24F3N3O2/c1-15-8-10-28(11-9-15)14-20(29)26-18-6-2-4-16(12-18)21(30)27-19-7-3-5-17(13-19)22(23,24)25/h2-7,12-13,15H,8-11,14H2,1H3,(H,26,29)(H,27,30)/p+1. The highest BCUT2D eigenvalue weighted by molar-refractivity contribution is 6.05. The van der Waals surface area contributed by atoms with Crippen molar-refractivity contribution in [1.82, 2.24) is 0 Å². The molecule has 0 aromatic heterocycles. The number of hydrogen-bond donors (Lipinski definition) is 3. The van der Waals surface area contributed by atoms with Crippen LogP contribution in [0.5, 0.6) is 0 Å². The van der Waals surface area contributed by atoms with Crippen molar-refractivity contribution >= 4 is 23.2 Å². The number of carbonyl (C=O) groups is 2. The zero-order chi connectivity index (χ0) is 21.7. The van der Waals surface area contributed by atoms with Crippen molar-refractivity contribution in [2.45, 2.75) is 25.9 Å². The van der Waals surface area contributed by atoms with E-state index in [1.54, 1.807) is 12.1 Å². The first-order valence-electron chi connectivity index (χ1n) is 9.93. The molecule has 3 rings (SSSR count). The molecule has 160 valence electrons. The van der Waals surface area contributed by atoms with Gasteiger partial charge in [0, 0.05) is 16.9 Å². The quantitative estimate of drug-likeness (QED) is 0.696. The van der Waals surface area contributed by atoms with Gasteiger partial charge in [-0.05, 0) is 55.2 Å². The second-order valence-electron chi connectivity index (χ2n) is 7.77. The van der Waals surface area contributed by atoms with E-state index in [0.29, 0.717) is 18.2 Å². The lowest BCUT2D eigenvalue weighted by atomic mass is 9.99. The van der Waals surface area contributed by atoms with E-state index in [4.69, 9.17) is 0 Å². The molecular formula is C22H25F3N3O2+. The normalized spacial score (nSPS) is 19.2. The Bertz CT molecular complexity index is 906. The average molecular weight is 420 g/mol. The predicted molar refractivity (Wildman–Crippen MR) is 108 cm³/mol. The Morgan fingerprint density at radius 3 is 2.30 bits per heavy atom. The molecule has 2 aromatic carbocycles. The monoisotopic (exact) mass is 420 g/mol. The number of anilines is 2. The van der Waals surface area contributed by atoms with Crippen molar-refractivity contribution in [1.29, 1.82) is 0 Å². The molecule has 8 heteroatoms. The van der Waals surface area contributed by atoms with Crippen LogP contribution in [0.15, 0.2) is 48.5 Å². The van der Waals surface area contributed by atoms with Crippen LogP contribution in [0.2, 0.25) is 0 Å². The number of alkyl halides is 3. The van der Waals surface area contributed by atoms with Gasteiger partial charge in [-0.3, -0.25) is 9.59 Å². The van der Waals surface area contributed by atoms with Crippen molar-refractivity contribution < 1.29 is 27.7 Å². The summed E-state index contributed by atoms with van der Waals surface area (Å²) in [5.41, 5.74) is -0.0751. The Balaban J connectivity index is 1.60. The highest BCUT2D eigenvalue weighted by atomic mass is 19.4. The zero-order valence-corrected chi connectivity index (χ0v) is 16.7. The van der Waals surface area contributed by atoms with Crippen LogP contribution < -0.4 is 15.5 Å². The largest absolute Gasteiger partial charge is 0.416 e. The van der Waals surface area contributed by atoms with Gasteiger partial charge >= 0.3 is 6.18 Å². The molecule has 0 unspecified atom stereocenters. The summed E-state index contributed by atoms with van der Waals surface area (Å²) in [5.74, 6) is 0.0138. The second-order valence-corrected chi connectivity index (χ2v) is 7.77. The van der Waals surface area contributed by atoms with E-state index in [-0.39, 0.29) is 17.2 Å². The first-order chi connectivity index (χ1) is 14.2. The molecule has 30 heavy (non-hydrogen) atoms. The summed E-state index contributed by atoms with van der Waals surface area (Å²) in [7, 11) is 0. The average Bonchev–Trinajstić information content (AvgIpc) is 2.69. The highest BCUT2D eigenvalue weighted by Crippen LogP contribution is 2.30. The number of nitrogens with one attached hydrogen (secondary N) is 3. The Hall–Kier alpha value is -2.87. The van der Waals surface area contributed by atoms with Gasteiger partial charge < -0.3 is 15.5 Å². The SMILES string of the molecule is CC1CC[NH+](CC(=O)Nc2cccc(C(=O)Nc3cccc(C(F)(F)F)c3)c2)CC1. The summed E-state index contributed by atoms with van der Waals surface area (Å²) in [6, 6.07) is 10.8. The molecule has 1 fully saturated rings. The third kappa shape index (κ3) is 6.06. The maximum absolute atomic E-state index is 12.8. The smallest absolute Gasteiger partial charge is 0.327 e. The van der Waals surface area contributed by atoms with Crippen LogP contribution in [0.3, 0.4) is 0 Å². The number of carbonyl (C=O) groups excluding carboxylic acids is 2. The highest BCUT2D eigenvalue weighted by Gasteiger charge is 2.30. The van der Waals surface area contributed by atoms with Crippen molar-refractivity contribution in [2.75, 3.05) is 30.3 Å². The Morgan fingerprint density at radius 1 is 1.00 bits per heavy atom. The fourth-order valence-corrected chi connectivity index (χ4v) is 3.49. The molecule has 1 aliphatic heterocycles. The molecule has 0 atom stereocenters. The number of quaternary nitrogens is 1. The summed E-state index contributed by atoms with van der Waals surface area (Å²) < 4.78 is 38.5. The number of halogens is 3. The molecule has 2 amide bonds. The van der Waals surface area contributed by atoms with E-state index in [1.807, 2.05) is 0 Å². The van der Waals surface area contributed by atoms with Gasteiger partial charge in [-0.1, -0.05) is 19.1 Å². The van der Waals surface area contributed by atoms with Gasteiger partial charge in [-0.2, -0.15) is 13.2 Å². The molecule has 0 spiro atoms. The summed E-state index contributed by atoms with van der Waals surface area (Å²) in [4.78, 5) is 26.0. The van der Waals surface area contributed by atoms with E-state index < -0.39 is 17.6 Å². The molecule has 0 bridgehead atoms. The van der Waals surface area contributed by atoms with Gasteiger partial charge in [0.25, 0.3) is 11.8 Å². The molecule has 0 radical (unpaired) electrons. The van der Waals surface area contributed by atoms with E-state index in [9.17, 15) is 22.8 Å². The number of hydrogen-bond acceptors (Lipinski definition) is 2. The van der Waals surface area contributed by atoms with Crippen molar-refractivity contribution in [3.63, 3.8) is 0 Å². The van der Waals surface area contributed by atoms with Crippen molar-refractivity contribution in [2.24, 2.45) is 5.92 Å². The van der Waals surface area contributed by atoms with Gasteiger partial charge in [-0.25, -0.2) is 0 Å². The first-order valence-corrected chi connectivity index (χ1v) is 9.93. The van der Waals surface area contributed by atoms with Crippen LogP contribution in [-0.2, 0) is 11.0 Å². The molecule has 5 nitrogen and oxygen atoms in total. The molecule has 1 aliphatic rings. The van der Waals surface area contributed by atoms with Crippen LogP contribution in [0, 0.1) is 5.92 Å². The van der Waals surface area contributed by atoms with E-state index in [0.717, 1.165) is 38.1 Å². The molecule has 0 aliphatic carbocycles. The number of amides is 2. The molecular weight excluding hydrogens is 395 g/mol. The van der Waals surface area contributed by atoms with Gasteiger partial charge in [0.2, 0.25) is 0 Å². The van der Waals surface area contributed by atoms with E-state index in [2.05, 4.69) is 17.6 Å². The zero-order valence-electron chi connectivity index (χ0n) is 16.7. The molecule has 2 aromatic rings. The van der Waals surface area contributed by atoms with Gasteiger partial charge in [0.1, 0.15) is 0 Å². The minimum absolute atomic E-state index is 0.0483. The lowest BCUT2D eigenvalue weighted by Crippen LogP contribution is -3.14. The lowest BCUT2D eigenvalue weighted by Gasteiger charge is -2.26. The number of likely N-dealkylation sites (tertiary alicyclic amines) is 1. The third-order valence-electron chi connectivity index (χ3n) is 5.25. The van der Waals surface area contributed by atoms with Crippen LogP contribution >= 0.6 is 0 Å². The maximum Gasteiger partial charge on any atom is 0.416 e. The number of benzene rings is 2. The Labute approximate surface area is 173 Å². The van der Waals surface area contributed by atoms with Crippen LogP contribution in [0.25, 0.3) is 0 Å². The number of piperidine rings is 1. The van der Waals surface area contributed by atoms with Gasteiger partial charge in [-0.15, -0.1) is 0 Å². The predicted octanol–water partition coefficient (Wildman–Crippen LogP) is 3.21. The minimum Gasteiger partial charge on any atom is -0.327 e. The summed E-state index contributed by atoms with van der Waals surface area (Å²) >= 11 is 0. The van der Waals surface area contributed by atoms with Gasteiger partial charge in [0.05, 0.1) is 18.7 Å². The molecule has 3 N–H and O–H groups in total. The van der Waals surface area contributed by atoms with Gasteiger partial charge in [0.15, 0.2) is 6.54 Å². The molecule has 1 heterocycles. The van der Waals surface area contributed by atoms with Crippen LogP contribution in [0.1, 0.15) is 35.7 Å². The fourth-order valence-electron chi connectivity index (χ4n) is 3.49. The van der Waals surface area contributed by atoms with E-state index in [1.165, 1.54) is 29.2 Å². The fraction of sp³-hybridized carbons (Fsp3) is 0.364. The summed E-state index contributed by atoms with van der Waals surface area (Å²) in [5, 5.41) is 5.27. The third-order valence-corrected chi connectivity index (χ3v) is 5.25. The topological polar surface area (TPSA) is 62.6 Å². The summed E-state index contributed by atoms with van der Waals surface area (Å²) in [6.07, 6.45) is -2.28. The van der Waals surface area contributed by atoms with Crippen LogP contribution in [0.4, 0.5) is 24.5 Å². The lowest BCUT2D eigenvalue weighted by molar-refractivity contribution is -0.897. The van der Waals surface area contributed by atoms with Crippen molar-refractivity contribution in [3.8, 4) is 0 Å². The Morgan fingerprint density at radius 2 is 1.63 bits per heavy atom. The first kappa shape index (κ1) is 21.8. The molecule has 1 saturated heterocycles. The molecule has 0 saturated carbocycles. The maximum atomic E-state index is 12.8. The number of rotatable bonds is 5. The minimum atomic E-state index is -4.49. The van der Waals surface area contributed by atoms with E-state index >= 15 is 0 Å².